The smallest absolute Gasteiger partial charge is 0.232 e. The first-order valence-electron chi connectivity index (χ1n) is 7.16. The van der Waals surface area contributed by atoms with Crippen molar-refractivity contribution in [1.29, 1.82) is 0 Å². The van der Waals surface area contributed by atoms with Crippen LogP contribution in [-0.4, -0.2) is 33.4 Å². The molecule has 0 aliphatic rings. The number of likely N-dealkylation sites (N-methyl/N-ethyl adjacent to an activating group) is 1. The Hall–Kier alpha value is -2.52. The van der Waals surface area contributed by atoms with E-state index >= 15 is 0 Å². The van der Waals surface area contributed by atoms with Gasteiger partial charge in [-0.1, -0.05) is 0 Å². The number of rotatable bonds is 6. The molecular formula is C15H15N5O2S2. The summed E-state index contributed by atoms with van der Waals surface area (Å²) in [5.41, 5.74) is 1.35. The molecule has 3 rings (SSSR count). The number of carbonyl (C=O) groups is 2. The lowest BCUT2D eigenvalue weighted by Gasteiger charge is -1.99. The van der Waals surface area contributed by atoms with Gasteiger partial charge in [0.2, 0.25) is 11.8 Å². The van der Waals surface area contributed by atoms with Gasteiger partial charge in [-0.3, -0.25) is 9.59 Å². The molecule has 0 aliphatic heterocycles. The Morgan fingerprint density at radius 1 is 1.04 bits per heavy atom. The molecule has 0 fully saturated rings. The maximum atomic E-state index is 12.1. The highest BCUT2D eigenvalue weighted by Gasteiger charge is 2.12. The molecule has 2 N–H and O–H groups in total. The monoisotopic (exact) mass is 361 g/mol. The third kappa shape index (κ3) is 4.06. The molecule has 0 radical (unpaired) electrons. The highest BCUT2D eigenvalue weighted by molar-refractivity contribution is 7.14. The normalized spacial score (nSPS) is 10.5. The number of carbonyl (C=O) groups excluding carboxylic acids is 2. The molecule has 9 heteroatoms. The van der Waals surface area contributed by atoms with E-state index in [4.69, 9.17) is 0 Å². The highest BCUT2D eigenvalue weighted by atomic mass is 32.1. The Morgan fingerprint density at radius 3 is 2.46 bits per heavy atom. The molecule has 0 atom stereocenters. The van der Waals surface area contributed by atoms with Crippen molar-refractivity contribution in [3.05, 3.63) is 46.7 Å². The van der Waals surface area contributed by atoms with Crippen molar-refractivity contribution in [2.24, 2.45) is 0 Å². The molecule has 0 saturated carbocycles. The minimum absolute atomic E-state index is 0.113. The summed E-state index contributed by atoms with van der Waals surface area (Å²) in [5.74, 6) is -0.293. The quantitative estimate of drug-likeness (QED) is 0.701. The molecule has 7 nitrogen and oxygen atoms in total. The Labute approximate surface area is 146 Å². The fourth-order valence-corrected chi connectivity index (χ4v) is 3.50. The van der Waals surface area contributed by atoms with Crippen molar-refractivity contribution in [3.8, 4) is 5.13 Å². The fraction of sp³-hybridized carbons (Fsp3) is 0.200. The van der Waals surface area contributed by atoms with Gasteiger partial charge in [-0.05, 0) is 12.1 Å². The lowest BCUT2D eigenvalue weighted by Crippen LogP contribution is -2.20. The van der Waals surface area contributed by atoms with E-state index in [2.05, 4.69) is 20.6 Å². The molecule has 0 bridgehead atoms. The SMILES string of the molecule is CNC(=O)Cc1csc(NC(=O)Cc2csc(-n3cccc3)n2)n1. The van der Waals surface area contributed by atoms with Crippen molar-refractivity contribution in [2.45, 2.75) is 12.8 Å². The van der Waals surface area contributed by atoms with Crippen molar-refractivity contribution in [3.63, 3.8) is 0 Å². The van der Waals surface area contributed by atoms with Gasteiger partial charge in [-0.25, -0.2) is 9.97 Å². The zero-order valence-corrected chi connectivity index (χ0v) is 14.5. The summed E-state index contributed by atoms with van der Waals surface area (Å²) in [6, 6.07) is 3.85. The molecule has 3 aromatic rings. The van der Waals surface area contributed by atoms with Gasteiger partial charge in [0, 0.05) is 30.2 Å². The van der Waals surface area contributed by atoms with E-state index in [0.29, 0.717) is 16.5 Å². The van der Waals surface area contributed by atoms with Crippen LogP contribution >= 0.6 is 22.7 Å². The first kappa shape index (κ1) is 16.3. The minimum Gasteiger partial charge on any atom is -0.359 e. The van der Waals surface area contributed by atoms with Crippen LogP contribution in [-0.2, 0) is 22.4 Å². The van der Waals surface area contributed by atoms with Gasteiger partial charge in [0.05, 0.1) is 24.2 Å². The summed E-state index contributed by atoms with van der Waals surface area (Å²) in [7, 11) is 1.58. The molecular weight excluding hydrogens is 346 g/mol. The summed E-state index contributed by atoms with van der Waals surface area (Å²) in [4.78, 5) is 32.1. The number of nitrogens with zero attached hydrogens (tertiary/aromatic N) is 3. The van der Waals surface area contributed by atoms with Crippen molar-refractivity contribution in [1.82, 2.24) is 19.9 Å². The summed E-state index contributed by atoms with van der Waals surface area (Å²) in [5, 5.41) is 10.2. The number of nitrogens with one attached hydrogen (secondary N) is 2. The van der Waals surface area contributed by atoms with E-state index < -0.39 is 0 Å². The van der Waals surface area contributed by atoms with Crippen LogP contribution in [0.1, 0.15) is 11.4 Å². The number of aromatic nitrogens is 3. The van der Waals surface area contributed by atoms with Gasteiger partial charge >= 0.3 is 0 Å². The lowest BCUT2D eigenvalue weighted by atomic mass is 10.3. The van der Waals surface area contributed by atoms with E-state index in [0.717, 1.165) is 5.13 Å². The van der Waals surface area contributed by atoms with Gasteiger partial charge in [0.1, 0.15) is 0 Å². The number of hydrogen-bond donors (Lipinski definition) is 2. The van der Waals surface area contributed by atoms with Crippen molar-refractivity contribution in [2.75, 3.05) is 12.4 Å². The number of anilines is 1. The van der Waals surface area contributed by atoms with E-state index in [9.17, 15) is 9.59 Å². The molecule has 124 valence electrons. The van der Waals surface area contributed by atoms with Crippen LogP contribution in [0.3, 0.4) is 0 Å². The van der Waals surface area contributed by atoms with Gasteiger partial charge in [0.15, 0.2) is 10.3 Å². The van der Waals surface area contributed by atoms with E-state index in [1.54, 1.807) is 12.4 Å². The highest BCUT2D eigenvalue weighted by Crippen LogP contribution is 2.18. The maximum Gasteiger partial charge on any atom is 0.232 e. The Balaban J connectivity index is 1.57. The predicted octanol–water partition coefficient (Wildman–Crippen LogP) is 1.86. The predicted molar refractivity (Wildman–Crippen MR) is 93.7 cm³/mol. The van der Waals surface area contributed by atoms with Crippen LogP contribution in [0.25, 0.3) is 5.13 Å². The van der Waals surface area contributed by atoms with Crippen LogP contribution in [0.15, 0.2) is 35.3 Å². The molecule has 24 heavy (non-hydrogen) atoms. The number of hydrogen-bond acceptors (Lipinski definition) is 6. The van der Waals surface area contributed by atoms with Crippen LogP contribution in [0.4, 0.5) is 5.13 Å². The van der Waals surface area contributed by atoms with Crippen LogP contribution in [0.5, 0.6) is 0 Å². The largest absolute Gasteiger partial charge is 0.359 e. The average molecular weight is 361 g/mol. The second kappa shape index (κ2) is 7.37. The third-order valence-electron chi connectivity index (χ3n) is 3.13. The Bertz CT molecular complexity index is 838. The van der Waals surface area contributed by atoms with E-state index in [1.807, 2.05) is 34.5 Å². The van der Waals surface area contributed by atoms with E-state index in [1.165, 1.54) is 22.7 Å². The van der Waals surface area contributed by atoms with Crippen LogP contribution in [0, 0.1) is 0 Å². The standard InChI is InChI=1S/C15H15N5O2S2/c1-16-12(21)6-10-8-23-14(17-10)19-13(22)7-11-9-24-15(18-11)20-4-2-3-5-20/h2-5,8-9H,6-7H2,1H3,(H,16,21)(H,17,19,22). The van der Waals surface area contributed by atoms with Gasteiger partial charge < -0.3 is 15.2 Å². The summed E-state index contributed by atoms with van der Waals surface area (Å²) in [6.07, 6.45) is 4.20. The molecule has 0 spiro atoms. The fourth-order valence-electron chi connectivity index (χ4n) is 1.98. The number of thiazole rings is 2. The second-order valence-electron chi connectivity index (χ2n) is 4.93. The molecule has 0 aliphatic carbocycles. The lowest BCUT2D eigenvalue weighted by molar-refractivity contribution is -0.120. The van der Waals surface area contributed by atoms with Gasteiger partial charge in [-0.2, -0.15) is 0 Å². The van der Waals surface area contributed by atoms with Gasteiger partial charge in [-0.15, -0.1) is 22.7 Å². The Kier molecular flexibility index (Phi) is 5.02. The average Bonchev–Trinajstić information content (AvgIpc) is 3.28. The zero-order chi connectivity index (χ0) is 16.9. The summed E-state index contributed by atoms with van der Waals surface area (Å²) < 4.78 is 1.90. The first-order valence-corrected chi connectivity index (χ1v) is 8.92. The summed E-state index contributed by atoms with van der Waals surface area (Å²) >= 11 is 2.78. The number of amides is 2. The minimum atomic E-state index is -0.180. The Morgan fingerprint density at radius 2 is 1.71 bits per heavy atom. The molecule has 3 aromatic heterocycles. The molecule has 0 aromatic carbocycles. The topological polar surface area (TPSA) is 88.9 Å². The van der Waals surface area contributed by atoms with Crippen molar-refractivity contribution >= 4 is 39.6 Å². The molecule has 0 saturated heterocycles. The summed E-state index contributed by atoms with van der Waals surface area (Å²) in [6.45, 7) is 0. The second-order valence-corrected chi connectivity index (χ2v) is 6.63. The van der Waals surface area contributed by atoms with Crippen LogP contribution < -0.4 is 10.6 Å². The van der Waals surface area contributed by atoms with Gasteiger partial charge in [0.25, 0.3) is 0 Å². The maximum absolute atomic E-state index is 12.1. The van der Waals surface area contributed by atoms with E-state index in [-0.39, 0.29) is 24.7 Å². The molecule has 3 heterocycles. The molecule has 2 amide bonds. The van der Waals surface area contributed by atoms with Crippen LogP contribution in [0.2, 0.25) is 0 Å². The third-order valence-corrected chi connectivity index (χ3v) is 4.83. The first-order chi connectivity index (χ1) is 11.6. The van der Waals surface area contributed by atoms with Crippen molar-refractivity contribution < 1.29 is 9.59 Å². The zero-order valence-electron chi connectivity index (χ0n) is 12.9. The molecule has 0 unspecified atom stereocenters.